The van der Waals surface area contributed by atoms with Gasteiger partial charge in [-0.2, -0.15) is 0 Å². The first-order valence-electron chi connectivity index (χ1n) is 7.12. The normalized spacial score (nSPS) is 13.8. The molecule has 0 aromatic heterocycles. The van der Waals surface area contributed by atoms with Gasteiger partial charge in [-0.1, -0.05) is 35.9 Å². The van der Waals surface area contributed by atoms with Crippen LogP contribution >= 0.6 is 23.4 Å². The summed E-state index contributed by atoms with van der Waals surface area (Å²) in [6.07, 6.45) is 1.67. The highest BCUT2D eigenvalue weighted by Crippen LogP contribution is 2.32. The average Bonchev–Trinajstić information content (AvgIpc) is 2.53. The number of thioether (sulfide) groups is 1. The number of benzene rings is 2. The van der Waals surface area contributed by atoms with Gasteiger partial charge in [0.25, 0.3) is 0 Å². The van der Waals surface area contributed by atoms with Crippen molar-refractivity contribution in [3.8, 4) is 0 Å². The number of carbonyl (C=O) groups is 1. The number of aryl methyl sites for hydroxylation is 1. The first kappa shape index (κ1) is 15.4. The summed E-state index contributed by atoms with van der Waals surface area (Å²) in [6, 6.07) is 12.4. The minimum Gasteiger partial charge on any atom is -0.309 e. The highest BCUT2D eigenvalue weighted by atomic mass is 35.5. The SMILES string of the molecule is O=C(CSc1ccccc1Cl)N1CCCc2cccc(F)c21. The van der Waals surface area contributed by atoms with Gasteiger partial charge in [0.2, 0.25) is 5.91 Å². The summed E-state index contributed by atoms with van der Waals surface area (Å²) in [6.45, 7) is 0.565. The number of halogens is 2. The van der Waals surface area contributed by atoms with Gasteiger partial charge in [0.15, 0.2) is 0 Å². The number of fused-ring (bicyclic) bond motifs is 1. The van der Waals surface area contributed by atoms with Crippen molar-refractivity contribution in [1.29, 1.82) is 0 Å². The van der Waals surface area contributed by atoms with Gasteiger partial charge >= 0.3 is 0 Å². The minimum absolute atomic E-state index is 0.0871. The third-order valence-electron chi connectivity index (χ3n) is 3.66. The monoisotopic (exact) mass is 335 g/mol. The molecule has 5 heteroatoms. The summed E-state index contributed by atoms with van der Waals surface area (Å²) < 4.78 is 14.1. The van der Waals surface area contributed by atoms with Gasteiger partial charge in [0.05, 0.1) is 16.5 Å². The highest BCUT2D eigenvalue weighted by molar-refractivity contribution is 8.00. The molecule has 22 heavy (non-hydrogen) atoms. The van der Waals surface area contributed by atoms with Gasteiger partial charge in [0.1, 0.15) is 5.82 Å². The molecule has 114 valence electrons. The Morgan fingerprint density at radius 1 is 1.23 bits per heavy atom. The molecule has 1 heterocycles. The Balaban J connectivity index is 1.76. The van der Waals surface area contributed by atoms with Crippen LogP contribution in [0.25, 0.3) is 0 Å². The molecule has 1 aliphatic rings. The molecule has 2 aromatic rings. The summed E-state index contributed by atoms with van der Waals surface area (Å²) in [5, 5.41) is 0.630. The quantitative estimate of drug-likeness (QED) is 0.767. The molecule has 2 nitrogen and oxygen atoms in total. The van der Waals surface area contributed by atoms with E-state index >= 15 is 0 Å². The van der Waals surface area contributed by atoms with E-state index in [4.69, 9.17) is 11.6 Å². The predicted octanol–water partition coefficient (Wildman–Crippen LogP) is 4.55. The predicted molar refractivity (Wildman–Crippen MR) is 89.3 cm³/mol. The summed E-state index contributed by atoms with van der Waals surface area (Å²) in [7, 11) is 0. The van der Waals surface area contributed by atoms with E-state index in [9.17, 15) is 9.18 Å². The van der Waals surface area contributed by atoms with Crippen LogP contribution in [-0.2, 0) is 11.2 Å². The number of para-hydroxylation sites is 1. The Hall–Kier alpha value is -1.52. The fourth-order valence-corrected chi connectivity index (χ4v) is 3.75. The molecule has 0 saturated carbocycles. The maximum atomic E-state index is 14.1. The lowest BCUT2D eigenvalue weighted by molar-refractivity contribution is -0.116. The Morgan fingerprint density at radius 2 is 2.05 bits per heavy atom. The Morgan fingerprint density at radius 3 is 2.86 bits per heavy atom. The lowest BCUT2D eigenvalue weighted by Gasteiger charge is -2.29. The van der Waals surface area contributed by atoms with Crippen LogP contribution in [0.3, 0.4) is 0 Å². The van der Waals surface area contributed by atoms with Crippen LogP contribution in [-0.4, -0.2) is 18.2 Å². The zero-order valence-corrected chi connectivity index (χ0v) is 13.5. The number of nitrogens with zero attached hydrogens (tertiary/aromatic N) is 1. The van der Waals surface area contributed by atoms with E-state index in [1.165, 1.54) is 17.8 Å². The molecule has 0 N–H and O–H groups in total. The van der Waals surface area contributed by atoms with E-state index in [1.54, 1.807) is 17.0 Å². The first-order chi connectivity index (χ1) is 10.7. The summed E-state index contributed by atoms with van der Waals surface area (Å²) in [4.78, 5) is 14.9. The van der Waals surface area contributed by atoms with Crippen LogP contribution in [0.1, 0.15) is 12.0 Å². The lowest BCUT2D eigenvalue weighted by atomic mass is 10.0. The minimum atomic E-state index is -0.326. The van der Waals surface area contributed by atoms with Gasteiger partial charge in [-0.25, -0.2) is 4.39 Å². The Bertz CT molecular complexity index is 707. The molecule has 0 unspecified atom stereocenters. The number of anilines is 1. The van der Waals surface area contributed by atoms with Gasteiger partial charge < -0.3 is 4.90 Å². The molecule has 0 aliphatic carbocycles. The standard InChI is InChI=1S/C17H15ClFNOS/c18-13-7-1-2-9-15(13)22-11-16(21)20-10-4-6-12-5-3-8-14(19)17(12)20/h1-3,5,7-9H,4,6,10-11H2. The number of hydrogen-bond donors (Lipinski definition) is 0. The molecule has 0 fully saturated rings. The fraction of sp³-hybridized carbons (Fsp3) is 0.235. The molecule has 0 atom stereocenters. The summed E-state index contributed by atoms with van der Waals surface area (Å²) >= 11 is 7.48. The smallest absolute Gasteiger partial charge is 0.237 e. The molecule has 0 bridgehead atoms. The van der Waals surface area contributed by atoms with E-state index in [1.807, 2.05) is 24.3 Å². The molecule has 1 aliphatic heterocycles. The maximum absolute atomic E-state index is 14.1. The fourth-order valence-electron chi connectivity index (χ4n) is 2.63. The van der Waals surface area contributed by atoms with Crippen molar-refractivity contribution in [2.75, 3.05) is 17.2 Å². The van der Waals surface area contributed by atoms with Crippen LogP contribution in [0.15, 0.2) is 47.4 Å². The third kappa shape index (κ3) is 3.13. The van der Waals surface area contributed by atoms with E-state index in [0.29, 0.717) is 17.3 Å². The van der Waals surface area contributed by atoms with Crippen molar-refractivity contribution >= 4 is 35.0 Å². The highest BCUT2D eigenvalue weighted by Gasteiger charge is 2.25. The van der Waals surface area contributed by atoms with Gasteiger partial charge in [-0.15, -0.1) is 11.8 Å². The summed E-state index contributed by atoms with van der Waals surface area (Å²) in [5.41, 5.74) is 1.35. The number of rotatable bonds is 3. The van der Waals surface area contributed by atoms with Crippen molar-refractivity contribution in [3.63, 3.8) is 0 Å². The average molecular weight is 336 g/mol. The third-order valence-corrected chi connectivity index (χ3v) is 5.16. The zero-order valence-electron chi connectivity index (χ0n) is 11.9. The van der Waals surface area contributed by atoms with Gasteiger partial charge in [-0.3, -0.25) is 4.79 Å². The van der Waals surface area contributed by atoms with Crippen LogP contribution in [0.2, 0.25) is 5.02 Å². The van der Waals surface area contributed by atoms with Crippen LogP contribution in [0.5, 0.6) is 0 Å². The Kier molecular flexibility index (Phi) is 4.69. The topological polar surface area (TPSA) is 20.3 Å². The maximum Gasteiger partial charge on any atom is 0.237 e. The molecule has 0 radical (unpaired) electrons. The van der Waals surface area contributed by atoms with Crippen molar-refractivity contribution in [1.82, 2.24) is 0 Å². The van der Waals surface area contributed by atoms with Crippen LogP contribution < -0.4 is 4.90 Å². The number of hydrogen-bond acceptors (Lipinski definition) is 2. The number of amides is 1. The van der Waals surface area contributed by atoms with E-state index in [0.717, 1.165) is 23.3 Å². The second-order valence-corrected chi connectivity index (χ2v) is 6.54. The van der Waals surface area contributed by atoms with Gasteiger partial charge in [-0.05, 0) is 36.6 Å². The van der Waals surface area contributed by atoms with Crippen molar-refractivity contribution in [2.45, 2.75) is 17.7 Å². The van der Waals surface area contributed by atoms with Crippen LogP contribution in [0.4, 0.5) is 10.1 Å². The summed E-state index contributed by atoms with van der Waals surface area (Å²) in [5.74, 6) is -0.165. The number of carbonyl (C=O) groups excluding carboxylic acids is 1. The second kappa shape index (κ2) is 6.71. The lowest BCUT2D eigenvalue weighted by Crippen LogP contribution is -2.37. The molecule has 1 amide bonds. The molecule has 3 rings (SSSR count). The van der Waals surface area contributed by atoms with E-state index in [2.05, 4.69) is 0 Å². The van der Waals surface area contributed by atoms with Crippen LogP contribution in [0, 0.1) is 5.82 Å². The van der Waals surface area contributed by atoms with Gasteiger partial charge in [0, 0.05) is 11.4 Å². The zero-order chi connectivity index (χ0) is 15.5. The van der Waals surface area contributed by atoms with Crippen molar-refractivity contribution < 1.29 is 9.18 Å². The molecule has 2 aromatic carbocycles. The van der Waals surface area contributed by atoms with Crippen molar-refractivity contribution in [2.24, 2.45) is 0 Å². The second-order valence-electron chi connectivity index (χ2n) is 5.12. The Labute approximate surface area is 138 Å². The van der Waals surface area contributed by atoms with Crippen molar-refractivity contribution in [3.05, 3.63) is 58.9 Å². The molecular weight excluding hydrogens is 321 g/mol. The molecular formula is C17H15ClFNOS. The first-order valence-corrected chi connectivity index (χ1v) is 8.48. The van der Waals surface area contributed by atoms with E-state index in [-0.39, 0.29) is 17.5 Å². The molecule has 0 saturated heterocycles. The van der Waals surface area contributed by atoms with E-state index < -0.39 is 0 Å². The largest absolute Gasteiger partial charge is 0.309 e. The molecule has 0 spiro atoms.